The molecule has 1 heterocycles. The average Bonchev–Trinajstić information content (AvgIpc) is 2.75. The summed E-state index contributed by atoms with van der Waals surface area (Å²) in [7, 11) is 0. The minimum Gasteiger partial charge on any atom is -0.301 e. The maximum atomic E-state index is 3.25. The van der Waals surface area contributed by atoms with Crippen LogP contribution in [-0.4, -0.2) is 18.0 Å². The Hall–Kier alpha value is 0.283. The van der Waals surface area contributed by atoms with Crippen LogP contribution in [0.15, 0.2) is 24.3 Å². The zero-order chi connectivity index (χ0) is 10.2. The maximum Gasteiger partial charge on any atom is 0.000731 e. The van der Waals surface area contributed by atoms with Gasteiger partial charge in [0.25, 0.3) is 0 Å². The van der Waals surface area contributed by atoms with Crippen LogP contribution in [0.2, 0.25) is 0 Å². The summed E-state index contributed by atoms with van der Waals surface area (Å²) in [5.41, 5.74) is 1.32. The molecule has 0 N–H and O–H groups in total. The van der Waals surface area contributed by atoms with Crippen LogP contribution in [0.25, 0.3) is 0 Å². The molecule has 1 aliphatic rings. The van der Waals surface area contributed by atoms with E-state index in [1.807, 2.05) is 12.1 Å². The predicted octanol–water partition coefficient (Wildman–Crippen LogP) is 2.93. The van der Waals surface area contributed by atoms with Gasteiger partial charge >= 0.3 is 30.0 Å². The van der Waals surface area contributed by atoms with Crippen LogP contribution in [0.4, 0.5) is 0 Å². The first kappa shape index (κ1) is 12.4. The van der Waals surface area contributed by atoms with Gasteiger partial charge in [0.05, 0.1) is 0 Å². The molecule has 0 unspecified atom stereocenters. The SMILES string of the molecule is [Zn+][Br].[c-]1ccccc1CN1CCCC1. The third-order valence-electron chi connectivity index (χ3n) is 2.37. The van der Waals surface area contributed by atoms with Crippen LogP contribution in [0.3, 0.4) is 0 Å². The Morgan fingerprint density at radius 2 is 2.00 bits per heavy atom. The van der Waals surface area contributed by atoms with E-state index in [-0.39, 0.29) is 0 Å². The molecule has 0 bridgehead atoms. The third kappa shape index (κ3) is 4.21. The first-order valence-electron chi connectivity index (χ1n) is 4.90. The van der Waals surface area contributed by atoms with Gasteiger partial charge in [-0.3, -0.25) is 0 Å². The minimum atomic E-state index is 1.08. The number of hydrogen-bond acceptors (Lipinski definition) is 1. The van der Waals surface area contributed by atoms with E-state index < -0.39 is 0 Å². The predicted molar refractivity (Wildman–Crippen MR) is 58.7 cm³/mol. The second kappa shape index (κ2) is 7.56. The summed E-state index contributed by atoms with van der Waals surface area (Å²) in [5, 5.41) is 0. The molecule has 0 spiro atoms. The molecule has 0 amide bonds. The smallest absolute Gasteiger partial charge is 0.000731 e. The van der Waals surface area contributed by atoms with Crippen molar-refractivity contribution >= 4 is 13.6 Å². The van der Waals surface area contributed by atoms with E-state index in [2.05, 4.69) is 36.7 Å². The molecule has 0 aliphatic carbocycles. The molecule has 0 atom stereocenters. The molecule has 1 saturated heterocycles. The molecular weight excluding hydrogens is 291 g/mol. The van der Waals surface area contributed by atoms with Crippen molar-refractivity contribution in [2.24, 2.45) is 0 Å². The summed E-state index contributed by atoms with van der Waals surface area (Å²) in [4.78, 5) is 2.49. The van der Waals surface area contributed by atoms with Crippen molar-refractivity contribution in [3.05, 3.63) is 35.9 Å². The third-order valence-corrected chi connectivity index (χ3v) is 2.37. The Labute approximate surface area is 103 Å². The molecule has 1 aliphatic heterocycles. The summed E-state index contributed by atoms with van der Waals surface area (Å²) in [6.45, 7) is 3.62. The van der Waals surface area contributed by atoms with Crippen LogP contribution in [0, 0.1) is 6.07 Å². The van der Waals surface area contributed by atoms with Gasteiger partial charge in [-0.2, -0.15) is 30.3 Å². The monoisotopic (exact) mass is 303 g/mol. The topological polar surface area (TPSA) is 3.24 Å². The van der Waals surface area contributed by atoms with Gasteiger partial charge in [0.1, 0.15) is 0 Å². The molecule has 0 aromatic heterocycles. The van der Waals surface area contributed by atoms with Gasteiger partial charge in [-0.1, -0.05) is 0 Å². The Bertz CT molecular complexity index is 234. The van der Waals surface area contributed by atoms with Gasteiger partial charge in [-0.15, -0.1) is 5.56 Å². The summed E-state index contributed by atoms with van der Waals surface area (Å²) < 4.78 is 0. The zero-order valence-electron chi connectivity index (χ0n) is 8.38. The van der Waals surface area contributed by atoms with Gasteiger partial charge in [0, 0.05) is 6.54 Å². The Kier molecular flexibility index (Phi) is 6.67. The fourth-order valence-corrected chi connectivity index (χ4v) is 1.71. The van der Waals surface area contributed by atoms with Crippen LogP contribution in [0.1, 0.15) is 18.4 Å². The summed E-state index contributed by atoms with van der Waals surface area (Å²) >= 11 is 4.25. The van der Waals surface area contributed by atoms with Crippen molar-refractivity contribution in [1.29, 1.82) is 0 Å². The van der Waals surface area contributed by atoms with Crippen molar-refractivity contribution < 1.29 is 16.3 Å². The largest absolute Gasteiger partial charge is 0.301 e. The van der Waals surface area contributed by atoms with Crippen molar-refractivity contribution in [3.63, 3.8) is 0 Å². The van der Waals surface area contributed by atoms with Gasteiger partial charge in [0.15, 0.2) is 0 Å². The number of benzene rings is 1. The molecule has 2 rings (SSSR count). The van der Waals surface area contributed by atoms with Gasteiger partial charge in [0.2, 0.25) is 0 Å². The van der Waals surface area contributed by atoms with Crippen molar-refractivity contribution in [1.82, 2.24) is 4.90 Å². The van der Waals surface area contributed by atoms with E-state index in [4.69, 9.17) is 0 Å². The van der Waals surface area contributed by atoms with Gasteiger partial charge in [-0.25, -0.2) is 0 Å². The Morgan fingerprint density at radius 3 is 2.57 bits per heavy atom. The summed E-state index contributed by atoms with van der Waals surface area (Å²) in [6, 6.07) is 11.5. The number of likely N-dealkylation sites (tertiary alicyclic amines) is 1. The van der Waals surface area contributed by atoms with Gasteiger partial charge < -0.3 is 4.90 Å². The van der Waals surface area contributed by atoms with E-state index >= 15 is 0 Å². The quantitative estimate of drug-likeness (QED) is 0.600. The molecule has 1 aromatic carbocycles. The number of nitrogens with zero attached hydrogens (tertiary/aromatic N) is 1. The Balaban J connectivity index is 0.000000461. The molecule has 1 aromatic rings. The summed E-state index contributed by atoms with van der Waals surface area (Å²) in [5.74, 6) is 0. The molecule has 72 valence electrons. The van der Waals surface area contributed by atoms with Crippen LogP contribution in [-0.2, 0) is 22.9 Å². The first-order valence-corrected chi connectivity index (χ1v) is 11.8. The van der Waals surface area contributed by atoms with E-state index in [1.165, 1.54) is 47.8 Å². The molecule has 0 radical (unpaired) electrons. The molecule has 1 fully saturated rings. The number of rotatable bonds is 2. The number of hydrogen-bond donors (Lipinski definition) is 0. The molecule has 0 saturated carbocycles. The van der Waals surface area contributed by atoms with Crippen molar-refractivity contribution in [3.8, 4) is 0 Å². The fourth-order valence-electron chi connectivity index (χ4n) is 1.71. The van der Waals surface area contributed by atoms with Crippen LogP contribution in [0.5, 0.6) is 0 Å². The zero-order valence-corrected chi connectivity index (χ0v) is 12.9. The van der Waals surface area contributed by atoms with Crippen LogP contribution >= 0.6 is 13.6 Å². The maximum absolute atomic E-state index is 3.25. The standard InChI is InChI=1S/C11H14N.BrH.Zn/c1-2-6-11(7-3-1)10-12-8-4-5-9-12;;/h1-3,6H,4-5,8-10H2;1H;/q-1;;+2/p-1. The second-order valence-corrected chi connectivity index (χ2v) is 3.37. The molecule has 3 heteroatoms. The normalized spacial score (nSPS) is 16.2. The van der Waals surface area contributed by atoms with Crippen molar-refractivity contribution in [2.45, 2.75) is 19.4 Å². The Morgan fingerprint density at radius 1 is 1.29 bits per heavy atom. The molecule has 14 heavy (non-hydrogen) atoms. The average molecular weight is 306 g/mol. The van der Waals surface area contributed by atoms with E-state index in [0.29, 0.717) is 0 Å². The second-order valence-electron chi connectivity index (χ2n) is 3.37. The first-order chi connectivity index (χ1) is 6.95. The molecule has 1 nitrogen and oxygen atoms in total. The fraction of sp³-hybridized carbons (Fsp3) is 0.455. The summed E-state index contributed by atoms with van der Waals surface area (Å²) in [6.07, 6.45) is 2.74. The van der Waals surface area contributed by atoms with E-state index in [9.17, 15) is 0 Å². The van der Waals surface area contributed by atoms with Crippen molar-refractivity contribution in [2.75, 3.05) is 13.1 Å². The van der Waals surface area contributed by atoms with E-state index in [1.54, 1.807) is 0 Å². The molecular formula is C11H14BrNZn. The number of halogens is 1. The van der Waals surface area contributed by atoms with E-state index in [0.717, 1.165) is 6.54 Å². The van der Waals surface area contributed by atoms with Gasteiger partial charge in [-0.05, 0) is 25.9 Å². The minimum absolute atomic E-state index is 1.08. The van der Waals surface area contributed by atoms with Crippen LogP contribution < -0.4 is 0 Å².